The molecule has 0 spiro atoms. The van der Waals surface area contributed by atoms with Crippen LogP contribution in [0, 0.1) is 6.92 Å². The Morgan fingerprint density at radius 1 is 1.03 bits per heavy atom. The van der Waals surface area contributed by atoms with E-state index in [1.165, 1.54) is 13.0 Å². The second-order valence-corrected chi connectivity index (χ2v) is 7.02. The Bertz CT molecular complexity index is 1060. The first-order chi connectivity index (χ1) is 14.0. The zero-order valence-electron chi connectivity index (χ0n) is 17.0. The molecule has 1 aromatic heterocycles. The van der Waals surface area contributed by atoms with E-state index in [2.05, 4.69) is 17.6 Å². The Hall–Kier alpha value is -3.34. The second-order valence-electron chi connectivity index (χ2n) is 7.02. The molecule has 0 fully saturated rings. The molecule has 0 atom stereocenters. The Kier molecular flexibility index (Phi) is 6.50. The summed E-state index contributed by atoms with van der Waals surface area (Å²) in [5.74, 6) is 0.517. The molecule has 0 aliphatic carbocycles. The summed E-state index contributed by atoms with van der Waals surface area (Å²) in [5, 5.41) is 6.66. The van der Waals surface area contributed by atoms with Crippen LogP contribution in [0.2, 0.25) is 0 Å². The van der Waals surface area contributed by atoms with E-state index in [0.717, 1.165) is 47.1 Å². The molecule has 2 aromatic carbocycles. The smallest absolute Gasteiger partial charge is 0.248 e. The van der Waals surface area contributed by atoms with Gasteiger partial charge in [-0.05, 0) is 43.2 Å². The van der Waals surface area contributed by atoms with Gasteiger partial charge in [0, 0.05) is 41.7 Å². The number of anilines is 2. The molecular weight excluding hydrogens is 364 g/mol. The van der Waals surface area contributed by atoms with Crippen LogP contribution >= 0.6 is 0 Å². The summed E-state index contributed by atoms with van der Waals surface area (Å²) in [5.41, 5.74) is 3.93. The number of carbonyl (C=O) groups excluding carboxylic acids is 2. The highest BCUT2D eigenvalue weighted by Gasteiger charge is 2.12. The first-order valence-electron chi connectivity index (χ1n) is 9.86. The van der Waals surface area contributed by atoms with E-state index in [-0.39, 0.29) is 11.8 Å². The van der Waals surface area contributed by atoms with E-state index in [4.69, 9.17) is 4.42 Å². The number of furan rings is 1. The van der Waals surface area contributed by atoms with Gasteiger partial charge in [0.1, 0.15) is 11.3 Å². The van der Waals surface area contributed by atoms with Gasteiger partial charge in [-0.1, -0.05) is 37.6 Å². The first kappa shape index (κ1) is 20.4. The van der Waals surface area contributed by atoms with Crippen LogP contribution in [0.1, 0.15) is 43.6 Å². The normalized spacial score (nSPS) is 11.1. The molecule has 150 valence electrons. The molecule has 29 heavy (non-hydrogen) atoms. The van der Waals surface area contributed by atoms with E-state index < -0.39 is 0 Å². The fourth-order valence-corrected chi connectivity index (χ4v) is 3.25. The number of aryl methyl sites for hydroxylation is 1. The van der Waals surface area contributed by atoms with E-state index >= 15 is 0 Å². The van der Waals surface area contributed by atoms with E-state index in [9.17, 15) is 9.59 Å². The van der Waals surface area contributed by atoms with Gasteiger partial charge in [0.25, 0.3) is 0 Å². The minimum atomic E-state index is -0.236. The minimum absolute atomic E-state index is 0.150. The highest BCUT2D eigenvalue weighted by atomic mass is 16.3. The highest BCUT2D eigenvalue weighted by Crippen LogP contribution is 2.28. The number of rotatable bonds is 7. The molecule has 2 amide bonds. The van der Waals surface area contributed by atoms with Crippen molar-refractivity contribution in [2.45, 2.75) is 40.0 Å². The van der Waals surface area contributed by atoms with Gasteiger partial charge in [-0.15, -0.1) is 0 Å². The van der Waals surface area contributed by atoms with Crippen LogP contribution in [-0.4, -0.2) is 11.8 Å². The topological polar surface area (TPSA) is 71.3 Å². The number of carbonyl (C=O) groups is 2. The molecule has 0 radical (unpaired) electrons. The first-order valence-corrected chi connectivity index (χ1v) is 9.86. The minimum Gasteiger partial charge on any atom is -0.460 e. The van der Waals surface area contributed by atoms with Gasteiger partial charge < -0.3 is 15.1 Å². The molecular formula is C24H26N2O3. The van der Waals surface area contributed by atoms with Crippen LogP contribution in [0.5, 0.6) is 0 Å². The fraction of sp³-hybridized carbons (Fsp3) is 0.250. The summed E-state index contributed by atoms with van der Waals surface area (Å²) in [6.45, 7) is 5.46. The summed E-state index contributed by atoms with van der Waals surface area (Å²) < 4.78 is 6.00. The number of para-hydroxylation sites is 1. The van der Waals surface area contributed by atoms with Crippen molar-refractivity contribution in [3.8, 4) is 0 Å². The summed E-state index contributed by atoms with van der Waals surface area (Å²) in [6, 6.07) is 13.3. The molecule has 0 saturated carbocycles. The summed E-state index contributed by atoms with van der Waals surface area (Å²) in [6.07, 6.45) is 6.29. The lowest BCUT2D eigenvalue weighted by atomic mass is 10.1. The zero-order chi connectivity index (χ0) is 20.8. The predicted molar refractivity (Wildman–Crippen MR) is 118 cm³/mol. The number of amides is 2. The van der Waals surface area contributed by atoms with Crippen LogP contribution in [0.25, 0.3) is 17.0 Å². The molecule has 0 bridgehead atoms. The number of hydrogen-bond acceptors (Lipinski definition) is 3. The average Bonchev–Trinajstić information content (AvgIpc) is 3.05. The SMILES string of the molecule is CCCCc1oc2ccccc2c1/C=C/C(=O)Nc1cccc(NC(C)=O)c1C. The Morgan fingerprint density at radius 2 is 1.76 bits per heavy atom. The molecule has 0 unspecified atom stereocenters. The van der Waals surface area contributed by atoms with Gasteiger partial charge in [0.05, 0.1) is 0 Å². The number of benzene rings is 2. The average molecular weight is 390 g/mol. The van der Waals surface area contributed by atoms with Gasteiger partial charge in [0.2, 0.25) is 11.8 Å². The number of nitrogens with one attached hydrogen (secondary N) is 2. The molecule has 0 saturated heterocycles. The van der Waals surface area contributed by atoms with Gasteiger partial charge in [-0.2, -0.15) is 0 Å². The molecule has 2 N–H and O–H groups in total. The van der Waals surface area contributed by atoms with Crippen molar-refractivity contribution >= 4 is 40.2 Å². The van der Waals surface area contributed by atoms with E-state index in [1.807, 2.05) is 43.3 Å². The van der Waals surface area contributed by atoms with Crippen molar-refractivity contribution in [1.82, 2.24) is 0 Å². The van der Waals surface area contributed by atoms with Crippen molar-refractivity contribution in [3.63, 3.8) is 0 Å². The molecule has 5 heteroatoms. The predicted octanol–water partition coefficient (Wildman–Crippen LogP) is 5.69. The lowest BCUT2D eigenvalue weighted by Crippen LogP contribution is -2.12. The van der Waals surface area contributed by atoms with Crippen molar-refractivity contribution in [2.24, 2.45) is 0 Å². The molecule has 3 rings (SSSR count). The number of unbranched alkanes of at least 4 members (excludes halogenated alkanes) is 1. The van der Waals surface area contributed by atoms with Crippen LogP contribution in [0.4, 0.5) is 11.4 Å². The van der Waals surface area contributed by atoms with Gasteiger partial charge in [-0.3, -0.25) is 9.59 Å². The lowest BCUT2D eigenvalue weighted by Gasteiger charge is -2.11. The monoisotopic (exact) mass is 390 g/mol. The van der Waals surface area contributed by atoms with Crippen molar-refractivity contribution < 1.29 is 14.0 Å². The number of hydrogen-bond donors (Lipinski definition) is 2. The third-order valence-electron chi connectivity index (χ3n) is 4.77. The lowest BCUT2D eigenvalue weighted by molar-refractivity contribution is -0.114. The van der Waals surface area contributed by atoms with Crippen molar-refractivity contribution in [1.29, 1.82) is 0 Å². The molecule has 0 aliphatic heterocycles. The standard InChI is InChI=1S/C24H26N2O3/c1-4-5-12-22-19(18-9-6-7-13-23(18)29-22)14-15-24(28)26-21-11-8-10-20(16(21)2)25-17(3)27/h6-11,13-15H,4-5,12H2,1-3H3,(H,25,27)(H,26,28)/b15-14+. The maximum atomic E-state index is 12.5. The number of fused-ring (bicyclic) bond motifs is 1. The molecule has 0 aliphatic rings. The van der Waals surface area contributed by atoms with Crippen molar-refractivity contribution in [3.05, 3.63) is 65.4 Å². The van der Waals surface area contributed by atoms with Crippen LogP contribution in [-0.2, 0) is 16.0 Å². The van der Waals surface area contributed by atoms with E-state index in [0.29, 0.717) is 11.4 Å². The Labute approximate surface area is 170 Å². The van der Waals surface area contributed by atoms with Crippen LogP contribution in [0.15, 0.2) is 53.0 Å². The summed E-state index contributed by atoms with van der Waals surface area (Å²) >= 11 is 0. The van der Waals surface area contributed by atoms with Crippen molar-refractivity contribution in [2.75, 3.05) is 10.6 Å². The largest absolute Gasteiger partial charge is 0.460 e. The van der Waals surface area contributed by atoms with Gasteiger partial charge >= 0.3 is 0 Å². The molecule has 1 heterocycles. The highest BCUT2D eigenvalue weighted by molar-refractivity contribution is 6.04. The van der Waals surface area contributed by atoms with Gasteiger partial charge in [-0.25, -0.2) is 0 Å². The second kappa shape index (κ2) is 9.24. The Balaban J connectivity index is 1.82. The summed E-state index contributed by atoms with van der Waals surface area (Å²) in [7, 11) is 0. The Morgan fingerprint density at radius 3 is 2.48 bits per heavy atom. The van der Waals surface area contributed by atoms with Crippen LogP contribution in [0.3, 0.4) is 0 Å². The van der Waals surface area contributed by atoms with Gasteiger partial charge in [0.15, 0.2) is 0 Å². The third kappa shape index (κ3) is 4.93. The van der Waals surface area contributed by atoms with Crippen LogP contribution < -0.4 is 10.6 Å². The summed E-state index contributed by atoms with van der Waals surface area (Å²) in [4.78, 5) is 23.9. The third-order valence-corrected chi connectivity index (χ3v) is 4.77. The fourth-order valence-electron chi connectivity index (χ4n) is 3.25. The zero-order valence-corrected chi connectivity index (χ0v) is 17.0. The van der Waals surface area contributed by atoms with E-state index in [1.54, 1.807) is 12.1 Å². The maximum Gasteiger partial charge on any atom is 0.248 e. The molecule has 5 nitrogen and oxygen atoms in total. The maximum absolute atomic E-state index is 12.5. The quantitative estimate of drug-likeness (QED) is 0.509. The molecule has 3 aromatic rings.